The Hall–Kier alpha value is -1.36. The third-order valence-corrected chi connectivity index (χ3v) is 2.91. The van der Waals surface area contributed by atoms with Crippen LogP contribution in [0.5, 0.6) is 0 Å². The maximum absolute atomic E-state index is 11.6. The van der Waals surface area contributed by atoms with Gasteiger partial charge in [0.2, 0.25) is 5.91 Å². The number of hydrogen-bond acceptors (Lipinski definition) is 3. The van der Waals surface area contributed by atoms with Gasteiger partial charge in [-0.25, -0.2) is 0 Å². The minimum absolute atomic E-state index is 0.112. The minimum Gasteiger partial charge on any atom is -0.347 e. The van der Waals surface area contributed by atoms with Gasteiger partial charge in [0, 0.05) is 26.3 Å². The number of nitrogens with one attached hydrogen (secondary N) is 1. The van der Waals surface area contributed by atoms with Crippen LogP contribution in [0.15, 0.2) is 6.07 Å². The first-order valence-corrected chi connectivity index (χ1v) is 6.37. The van der Waals surface area contributed by atoms with Crippen molar-refractivity contribution in [2.24, 2.45) is 0 Å². The molecule has 1 N–H and O–H groups in total. The van der Waals surface area contributed by atoms with Gasteiger partial charge in [0.1, 0.15) is 0 Å². The molecular weight excluding hydrogens is 228 g/mol. The van der Waals surface area contributed by atoms with E-state index in [1.54, 1.807) is 19.0 Å². The highest BCUT2D eigenvalue weighted by Crippen LogP contribution is 2.02. The third-order valence-electron chi connectivity index (χ3n) is 2.91. The number of rotatable bonds is 6. The topological polar surface area (TPSA) is 50.2 Å². The number of aryl methyl sites for hydroxylation is 3. The zero-order valence-electron chi connectivity index (χ0n) is 12.0. The summed E-state index contributed by atoms with van der Waals surface area (Å²) in [6, 6.07) is 1.95. The lowest BCUT2D eigenvalue weighted by atomic mass is 10.3. The second-order valence-corrected chi connectivity index (χ2v) is 4.91. The summed E-state index contributed by atoms with van der Waals surface area (Å²) in [5.41, 5.74) is 2.24. The number of aromatic nitrogens is 2. The largest absolute Gasteiger partial charge is 0.347 e. The van der Waals surface area contributed by atoms with Crippen molar-refractivity contribution in [2.75, 3.05) is 20.6 Å². The molecule has 102 valence electrons. The van der Waals surface area contributed by atoms with Crippen molar-refractivity contribution in [3.8, 4) is 0 Å². The molecule has 0 saturated carbocycles. The van der Waals surface area contributed by atoms with Crippen LogP contribution in [0.2, 0.25) is 0 Å². The van der Waals surface area contributed by atoms with E-state index >= 15 is 0 Å². The van der Waals surface area contributed by atoms with Crippen LogP contribution in [0.4, 0.5) is 0 Å². The molecule has 5 nitrogen and oxygen atoms in total. The van der Waals surface area contributed by atoms with Gasteiger partial charge in [0.25, 0.3) is 0 Å². The van der Waals surface area contributed by atoms with Crippen molar-refractivity contribution in [3.05, 3.63) is 17.5 Å². The first-order valence-electron chi connectivity index (χ1n) is 6.37. The van der Waals surface area contributed by atoms with Crippen LogP contribution in [0.1, 0.15) is 24.7 Å². The Bertz CT molecular complexity index is 398. The van der Waals surface area contributed by atoms with Crippen molar-refractivity contribution in [2.45, 2.75) is 39.8 Å². The van der Waals surface area contributed by atoms with E-state index in [1.807, 2.05) is 18.5 Å². The zero-order chi connectivity index (χ0) is 13.7. The van der Waals surface area contributed by atoms with Crippen LogP contribution in [-0.2, 0) is 11.3 Å². The Balaban J connectivity index is 2.27. The molecule has 18 heavy (non-hydrogen) atoms. The number of carbonyl (C=O) groups excluding carboxylic acids is 1. The average Bonchev–Trinajstić information content (AvgIpc) is 2.62. The van der Waals surface area contributed by atoms with E-state index in [9.17, 15) is 4.79 Å². The molecule has 1 amide bonds. The molecule has 0 aliphatic heterocycles. The van der Waals surface area contributed by atoms with Crippen LogP contribution < -0.4 is 5.32 Å². The second-order valence-electron chi connectivity index (χ2n) is 4.91. The Labute approximate surface area is 109 Å². The van der Waals surface area contributed by atoms with E-state index in [4.69, 9.17) is 0 Å². The highest BCUT2D eigenvalue weighted by molar-refractivity contribution is 5.80. The fraction of sp³-hybridized carbons (Fsp3) is 0.692. The summed E-state index contributed by atoms with van der Waals surface area (Å²) in [6.07, 6.45) is 0.965. The average molecular weight is 252 g/mol. The summed E-state index contributed by atoms with van der Waals surface area (Å²) in [5, 5.41) is 7.63. The van der Waals surface area contributed by atoms with Gasteiger partial charge < -0.3 is 10.2 Å². The Morgan fingerprint density at radius 2 is 2.17 bits per heavy atom. The molecule has 0 fully saturated rings. The molecule has 1 aromatic heterocycles. The van der Waals surface area contributed by atoms with Crippen LogP contribution in [-0.4, -0.2) is 47.3 Å². The highest BCUT2D eigenvalue weighted by Gasteiger charge is 2.13. The van der Waals surface area contributed by atoms with Gasteiger partial charge >= 0.3 is 0 Å². The molecular formula is C13H24N4O. The molecule has 5 heteroatoms. The lowest BCUT2D eigenvalue weighted by molar-refractivity contribution is -0.130. The molecule has 0 aromatic carbocycles. The lowest BCUT2D eigenvalue weighted by Crippen LogP contribution is -2.42. The number of carbonyl (C=O) groups is 1. The summed E-state index contributed by atoms with van der Waals surface area (Å²) < 4.78 is 2.01. The van der Waals surface area contributed by atoms with Gasteiger partial charge in [0.05, 0.1) is 11.7 Å². The molecule has 0 bridgehead atoms. The minimum atomic E-state index is -0.125. The maximum Gasteiger partial charge on any atom is 0.238 e. The van der Waals surface area contributed by atoms with E-state index in [1.165, 1.54) is 5.69 Å². The van der Waals surface area contributed by atoms with E-state index in [0.29, 0.717) is 0 Å². The molecule has 0 aliphatic rings. The van der Waals surface area contributed by atoms with Crippen molar-refractivity contribution in [1.82, 2.24) is 20.0 Å². The third kappa shape index (κ3) is 4.14. The van der Waals surface area contributed by atoms with Gasteiger partial charge in [-0.05, 0) is 39.8 Å². The van der Waals surface area contributed by atoms with Crippen LogP contribution in [0.25, 0.3) is 0 Å². The first kappa shape index (κ1) is 14.7. The normalized spacial score (nSPS) is 12.5. The van der Waals surface area contributed by atoms with Gasteiger partial charge in [0.15, 0.2) is 0 Å². The molecule has 1 unspecified atom stereocenters. The molecule has 0 aliphatic carbocycles. The molecule has 1 heterocycles. The van der Waals surface area contributed by atoms with Gasteiger partial charge in [-0.15, -0.1) is 0 Å². The number of hydrogen-bond donors (Lipinski definition) is 1. The zero-order valence-corrected chi connectivity index (χ0v) is 12.0. The van der Waals surface area contributed by atoms with E-state index in [2.05, 4.69) is 23.4 Å². The number of likely N-dealkylation sites (N-methyl/N-ethyl adjacent to an activating group) is 1. The molecule has 1 rings (SSSR count). The molecule has 0 saturated heterocycles. The van der Waals surface area contributed by atoms with Crippen LogP contribution in [0, 0.1) is 13.8 Å². The second kappa shape index (κ2) is 6.54. The first-order chi connectivity index (χ1) is 8.41. The quantitative estimate of drug-likeness (QED) is 0.767. The van der Waals surface area contributed by atoms with E-state index in [-0.39, 0.29) is 11.9 Å². The smallest absolute Gasteiger partial charge is 0.238 e. The van der Waals surface area contributed by atoms with Crippen molar-refractivity contribution >= 4 is 5.91 Å². The van der Waals surface area contributed by atoms with Crippen LogP contribution >= 0.6 is 0 Å². The predicted molar refractivity (Wildman–Crippen MR) is 72.5 cm³/mol. The summed E-state index contributed by atoms with van der Waals surface area (Å²) in [4.78, 5) is 13.2. The van der Waals surface area contributed by atoms with E-state index < -0.39 is 0 Å². The maximum atomic E-state index is 11.6. The molecule has 0 radical (unpaired) electrons. The summed E-state index contributed by atoms with van der Waals surface area (Å²) >= 11 is 0. The number of amides is 1. The van der Waals surface area contributed by atoms with Gasteiger partial charge in [-0.1, -0.05) is 0 Å². The molecule has 1 aromatic rings. The number of nitrogens with zero attached hydrogens (tertiary/aromatic N) is 3. The van der Waals surface area contributed by atoms with Crippen molar-refractivity contribution < 1.29 is 4.79 Å². The van der Waals surface area contributed by atoms with Gasteiger partial charge in [-0.2, -0.15) is 5.10 Å². The highest BCUT2D eigenvalue weighted by atomic mass is 16.2. The van der Waals surface area contributed by atoms with E-state index in [0.717, 1.165) is 25.2 Å². The monoisotopic (exact) mass is 252 g/mol. The molecule has 1 atom stereocenters. The van der Waals surface area contributed by atoms with Gasteiger partial charge in [-0.3, -0.25) is 9.48 Å². The molecule has 0 spiro atoms. The summed E-state index contributed by atoms with van der Waals surface area (Å²) in [7, 11) is 3.55. The van der Waals surface area contributed by atoms with Crippen LogP contribution in [0.3, 0.4) is 0 Å². The fourth-order valence-electron chi connectivity index (χ4n) is 1.92. The van der Waals surface area contributed by atoms with Crippen molar-refractivity contribution in [3.63, 3.8) is 0 Å². The van der Waals surface area contributed by atoms with Crippen molar-refractivity contribution in [1.29, 1.82) is 0 Å². The summed E-state index contributed by atoms with van der Waals surface area (Å²) in [6.45, 7) is 7.66. The Kier molecular flexibility index (Phi) is 5.34. The Morgan fingerprint density at radius 3 is 2.67 bits per heavy atom. The SMILES string of the molecule is Cc1cc(C)n(CCCNC(C)C(=O)N(C)C)n1. The summed E-state index contributed by atoms with van der Waals surface area (Å²) in [5.74, 6) is 0.112. The fourth-order valence-corrected chi connectivity index (χ4v) is 1.92. The lowest BCUT2D eigenvalue weighted by Gasteiger charge is -2.18. The Morgan fingerprint density at radius 1 is 1.50 bits per heavy atom. The predicted octanol–water partition coefficient (Wildman–Crippen LogP) is 0.956. The standard InChI is InChI=1S/C13H24N4O/c1-10-9-11(2)17(15-10)8-6-7-14-12(3)13(18)16(4)5/h9,12,14H,6-8H2,1-5H3.